The zero-order chi connectivity index (χ0) is 22.9. The molecule has 0 aliphatic rings. The molecule has 9 nitrogen and oxygen atoms in total. The molecule has 0 aliphatic heterocycles. The highest BCUT2D eigenvalue weighted by atomic mass is 32.2. The molecule has 0 aliphatic carbocycles. The largest absolute Gasteiger partial charge is 0.484 e. The fourth-order valence-corrected chi connectivity index (χ4v) is 3.35. The summed E-state index contributed by atoms with van der Waals surface area (Å²) in [7, 11) is -3.97. The predicted molar refractivity (Wildman–Crippen MR) is 113 cm³/mol. The van der Waals surface area contributed by atoms with Crippen LogP contribution in [0.3, 0.4) is 0 Å². The van der Waals surface area contributed by atoms with Gasteiger partial charge < -0.3 is 15.2 Å². The van der Waals surface area contributed by atoms with Gasteiger partial charge in [-0.25, -0.2) is 8.42 Å². The van der Waals surface area contributed by atoms with E-state index in [2.05, 4.69) is 5.32 Å². The van der Waals surface area contributed by atoms with Crippen molar-refractivity contribution < 1.29 is 32.6 Å². The third-order valence-electron chi connectivity index (χ3n) is 3.91. The molecule has 0 heterocycles. The van der Waals surface area contributed by atoms with Crippen LogP contribution < -0.4 is 14.8 Å². The Kier molecular flexibility index (Phi) is 8.47. The minimum atomic E-state index is -3.97. The number of ether oxygens (including phenoxy) is 1. The topological polar surface area (TPSA) is 139 Å². The second kappa shape index (κ2) is 11.0. The first kappa shape index (κ1) is 23.8. The molecule has 0 saturated heterocycles. The van der Waals surface area contributed by atoms with E-state index in [1.807, 2.05) is 11.6 Å². The van der Waals surface area contributed by atoms with Gasteiger partial charge in [-0.15, -0.1) is 0 Å². The fourth-order valence-electron chi connectivity index (χ4n) is 2.38. The molecular weight excluding hydrogens is 424 g/mol. The Labute approximate surface area is 179 Å². The van der Waals surface area contributed by atoms with Crippen LogP contribution in [0.4, 0.5) is 0 Å². The highest BCUT2D eigenvalue weighted by molar-refractivity contribution is 7.89. The zero-order valence-corrected chi connectivity index (χ0v) is 17.5. The molecule has 2 rings (SSSR count). The summed E-state index contributed by atoms with van der Waals surface area (Å²) in [6.07, 6.45) is 2.94. The van der Waals surface area contributed by atoms with Crippen molar-refractivity contribution >= 4 is 33.8 Å². The van der Waals surface area contributed by atoms with Crippen LogP contribution in [0.5, 0.6) is 5.75 Å². The van der Waals surface area contributed by atoms with E-state index >= 15 is 0 Å². The lowest BCUT2D eigenvalue weighted by Gasteiger charge is -2.06. The Morgan fingerprint density at radius 1 is 1.03 bits per heavy atom. The summed E-state index contributed by atoms with van der Waals surface area (Å²) in [5.41, 5.74) is 1.01. The van der Waals surface area contributed by atoms with Gasteiger partial charge in [0.25, 0.3) is 5.91 Å². The number of amides is 1. The van der Waals surface area contributed by atoms with Crippen molar-refractivity contribution in [3.8, 4) is 5.75 Å². The van der Waals surface area contributed by atoms with E-state index in [1.54, 1.807) is 30.3 Å². The number of benzene rings is 2. The number of carboxylic acid groups (broad SMARTS) is 1. The molecule has 31 heavy (non-hydrogen) atoms. The Morgan fingerprint density at radius 3 is 2.26 bits per heavy atom. The van der Waals surface area contributed by atoms with Crippen LogP contribution in [0.25, 0.3) is 6.08 Å². The summed E-state index contributed by atoms with van der Waals surface area (Å²) >= 11 is 0. The molecule has 3 N–H and O–H groups in total. The van der Waals surface area contributed by atoms with Gasteiger partial charge in [0.2, 0.25) is 10.0 Å². The number of allylic oxidation sites excluding steroid dienone is 1. The fraction of sp³-hybridized carbons (Fsp3) is 0.190. The summed E-state index contributed by atoms with van der Waals surface area (Å²) in [6.45, 7) is 1.52. The average molecular weight is 446 g/mol. The van der Waals surface area contributed by atoms with Crippen molar-refractivity contribution in [1.29, 1.82) is 0 Å². The van der Waals surface area contributed by atoms with E-state index in [0.717, 1.165) is 5.56 Å². The van der Waals surface area contributed by atoms with Gasteiger partial charge in [-0.05, 0) is 55.0 Å². The average Bonchev–Trinajstić information content (AvgIpc) is 2.76. The lowest BCUT2D eigenvalue weighted by atomic mass is 10.1. The normalized spacial score (nSPS) is 11.3. The van der Waals surface area contributed by atoms with Crippen molar-refractivity contribution in [2.24, 2.45) is 0 Å². The third-order valence-corrected chi connectivity index (χ3v) is 5.33. The highest BCUT2D eigenvalue weighted by Crippen LogP contribution is 2.15. The lowest BCUT2D eigenvalue weighted by molar-refractivity contribution is -0.135. The number of aliphatic carboxylic acids is 1. The van der Waals surface area contributed by atoms with Crippen LogP contribution in [0.1, 0.15) is 22.8 Å². The molecule has 0 radical (unpaired) electrons. The number of rotatable bonds is 11. The zero-order valence-electron chi connectivity index (χ0n) is 16.7. The number of hydrogen-bond donors (Lipinski definition) is 3. The number of ketones is 1. The summed E-state index contributed by atoms with van der Waals surface area (Å²) in [5, 5.41) is 11.2. The molecule has 10 heteroatoms. The quantitative estimate of drug-likeness (QED) is 0.351. The van der Waals surface area contributed by atoms with Gasteiger partial charge in [0, 0.05) is 12.1 Å². The van der Waals surface area contributed by atoms with Crippen LogP contribution >= 0.6 is 0 Å². The number of sulfonamides is 1. The second-order valence-electron chi connectivity index (χ2n) is 6.25. The molecule has 2 aromatic rings. The highest BCUT2D eigenvalue weighted by Gasteiger charge is 2.15. The summed E-state index contributed by atoms with van der Waals surface area (Å²) in [5.74, 6) is -1.34. The first-order chi connectivity index (χ1) is 14.7. The van der Waals surface area contributed by atoms with E-state index < -0.39 is 22.5 Å². The molecule has 2 aromatic carbocycles. The maximum atomic E-state index is 12.3. The molecule has 0 aromatic heterocycles. The Balaban J connectivity index is 1.97. The number of carbonyl (C=O) groups is 3. The number of nitrogens with one attached hydrogen (secondary N) is 2. The van der Waals surface area contributed by atoms with E-state index in [9.17, 15) is 22.8 Å². The minimum absolute atomic E-state index is 0.0843. The molecule has 0 spiro atoms. The van der Waals surface area contributed by atoms with E-state index in [4.69, 9.17) is 9.84 Å². The Bertz CT molecular complexity index is 1060. The molecule has 164 valence electrons. The van der Waals surface area contributed by atoms with E-state index in [0.29, 0.717) is 12.3 Å². The van der Waals surface area contributed by atoms with Gasteiger partial charge in [0.1, 0.15) is 12.3 Å². The van der Waals surface area contributed by atoms with Crippen LogP contribution in [-0.4, -0.2) is 50.9 Å². The smallest absolute Gasteiger partial charge is 0.318 e. The van der Waals surface area contributed by atoms with Crippen molar-refractivity contribution in [2.75, 3.05) is 19.7 Å². The Morgan fingerprint density at radius 2 is 1.68 bits per heavy atom. The second-order valence-corrected chi connectivity index (χ2v) is 8.02. The van der Waals surface area contributed by atoms with Crippen LogP contribution in [0.2, 0.25) is 0 Å². The van der Waals surface area contributed by atoms with Crippen LogP contribution in [0, 0.1) is 0 Å². The molecule has 0 atom stereocenters. The molecule has 0 bridgehead atoms. The summed E-state index contributed by atoms with van der Waals surface area (Å²) < 4.78 is 31.2. The van der Waals surface area contributed by atoms with Gasteiger partial charge in [0.15, 0.2) is 12.4 Å². The summed E-state index contributed by atoms with van der Waals surface area (Å²) in [6, 6.07) is 11.9. The molecule has 0 saturated carbocycles. The van der Waals surface area contributed by atoms with Crippen molar-refractivity contribution in [2.45, 2.75) is 11.8 Å². The Hall–Kier alpha value is -3.50. The van der Waals surface area contributed by atoms with Crippen molar-refractivity contribution in [3.05, 3.63) is 65.7 Å². The van der Waals surface area contributed by atoms with Gasteiger partial charge >= 0.3 is 5.97 Å². The van der Waals surface area contributed by atoms with Gasteiger partial charge in [0.05, 0.1) is 4.90 Å². The van der Waals surface area contributed by atoms with Crippen molar-refractivity contribution in [3.63, 3.8) is 0 Å². The first-order valence-electron chi connectivity index (χ1n) is 9.25. The predicted octanol–water partition coefficient (Wildman–Crippen LogP) is 1.46. The first-order valence-corrected chi connectivity index (χ1v) is 10.7. The summed E-state index contributed by atoms with van der Waals surface area (Å²) in [4.78, 5) is 34.1. The van der Waals surface area contributed by atoms with Gasteiger partial charge in [-0.3, -0.25) is 14.4 Å². The third kappa shape index (κ3) is 7.68. The SMILES string of the molecule is CCNC(=O)COc1ccc(/C=C/C(=O)c2ccc(S(=O)(=O)NCC(=O)O)cc2)cc1. The standard InChI is InChI=1S/C21H22N2O7S/c1-2-22-20(25)14-30-17-8-3-15(4-9-17)5-12-19(24)16-6-10-18(11-7-16)31(28,29)23-13-21(26)27/h3-12,23H,2,13-14H2,1H3,(H,22,25)(H,26,27)/b12-5+. The van der Waals surface area contributed by atoms with Crippen LogP contribution in [-0.2, 0) is 19.6 Å². The van der Waals surface area contributed by atoms with E-state index in [-0.39, 0.29) is 28.8 Å². The van der Waals surface area contributed by atoms with E-state index in [1.165, 1.54) is 30.3 Å². The molecule has 0 unspecified atom stereocenters. The molecule has 1 amide bonds. The maximum Gasteiger partial charge on any atom is 0.318 e. The van der Waals surface area contributed by atoms with Gasteiger partial charge in [-0.2, -0.15) is 4.72 Å². The molecule has 0 fully saturated rings. The minimum Gasteiger partial charge on any atom is -0.484 e. The van der Waals surface area contributed by atoms with Crippen molar-refractivity contribution in [1.82, 2.24) is 10.0 Å². The monoisotopic (exact) mass is 446 g/mol. The van der Waals surface area contributed by atoms with Crippen LogP contribution in [0.15, 0.2) is 59.5 Å². The maximum absolute atomic E-state index is 12.3. The number of likely N-dealkylation sites (N-methyl/N-ethyl adjacent to an activating group) is 1. The lowest BCUT2D eigenvalue weighted by Crippen LogP contribution is -2.29. The number of carboxylic acids is 1. The van der Waals surface area contributed by atoms with Gasteiger partial charge in [-0.1, -0.05) is 18.2 Å². The number of hydrogen-bond acceptors (Lipinski definition) is 6. The molecular formula is C21H22N2O7S. The number of carbonyl (C=O) groups excluding carboxylic acids is 2.